The summed E-state index contributed by atoms with van der Waals surface area (Å²) in [4.78, 5) is 26.6. The van der Waals surface area contributed by atoms with E-state index in [1.807, 2.05) is 23.1 Å². The number of benzene rings is 2. The van der Waals surface area contributed by atoms with E-state index in [1.54, 1.807) is 32.9 Å². The average molecular weight is 488 g/mol. The highest BCUT2D eigenvalue weighted by Gasteiger charge is 2.38. The Hall–Kier alpha value is -2.67. The molecule has 0 radical (unpaired) electrons. The van der Waals surface area contributed by atoms with E-state index in [9.17, 15) is 22.8 Å². The molecule has 35 heavy (non-hydrogen) atoms. The molecule has 1 saturated heterocycles. The minimum absolute atomic E-state index is 0.145. The Labute approximate surface area is 204 Å². The van der Waals surface area contributed by atoms with E-state index in [4.69, 9.17) is 4.74 Å². The van der Waals surface area contributed by atoms with Crippen LogP contribution in [0.3, 0.4) is 0 Å². The number of halogens is 3. The SMILES string of the molecule is CC(=O)C[C@H](c1cccc(OC(=O)C2CCN(C(C)c3cc(C)ccc3C(F)(F)F)C2)c1)C1CC1. The number of hydrogen-bond acceptors (Lipinski definition) is 4. The van der Waals surface area contributed by atoms with Gasteiger partial charge in [-0.2, -0.15) is 13.2 Å². The zero-order valence-corrected chi connectivity index (χ0v) is 20.4. The van der Waals surface area contributed by atoms with Gasteiger partial charge in [-0.25, -0.2) is 0 Å². The summed E-state index contributed by atoms with van der Waals surface area (Å²) >= 11 is 0. The summed E-state index contributed by atoms with van der Waals surface area (Å²) in [6.45, 7) is 6.00. The molecule has 1 heterocycles. The van der Waals surface area contributed by atoms with Crippen LogP contribution in [0.5, 0.6) is 5.75 Å². The summed E-state index contributed by atoms with van der Waals surface area (Å²) in [5.41, 5.74) is 1.38. The van der Waals surface area contributed by atoms with Crippen molar-refractivity contribution >= 4 is 11.8 Å². The molecule has 1 saturated carbocycles. The van der Waals surface area contributed by atoms with Gasteiger partial charge in [-0.3, -0.25) is 9.69 Å². The maximum Gasteiger partial charge on any atom is 0.416 e. The van der Waals surface area contributed by atoms with Crippen molar-refractivity contribution in [1.29, 1.82) is 0 Å². The fourth-order valence-electron chi connectivity index (χ4n) is 5.19. The zero-order chi connectivity index (χ0) is 25.3. The lowest BCUT2D eigenvalue weighted by Gasteiger charge is -2.27. The second kappa shape index (κ2) is 10.1. The fraction of sp³-hybridized carbons (Fsp3) is 0.500. The molecule has 4 rings (SSSR count). The van der Waals surface area contributed by atoms with Crippen molar-refractivity contribution in [3.8, 4) is 5.75 Å². The maximum absolute atomic E-state index is 13.6. The molecule has 1 aliphatic carbocycles. The first-order chi connectivity index (χ1) is 16.5. The predicted octanol–water partition coefficient (Wildman–Crippen LogP) is 6.48. The summed E-state index contributed by atoms with van der Waals surface area (Å²) in [6.07, 6.45) is -1.20. The first-order valence-electron chi connectivity index (χ1n) is 12.3. The van der Waals surface area contributed by atoms with Crippen molar-refractivity contribution in [2.24, 2.45) is 11.8 Å². The third-order valence-electron chi connectivity index (χ3n) is 7.27. The summed E-state index contributed by atoms with van der Waals surface area (Å²) < 4.78 is 46.4. The number of nitrogens with zero attached hydrogens (tertiary/aromatic N) is 1. The van der Waals surface area contributed by atoms with Crippen LogP contribution in [0.4, 0.5) is 13.2 Å². The van der Waals surface area contributed by atoms with E-state index in [2.05, 4.69) is 0 Å². The number of likely N-dealkylation sites (tertiary alicyclic amines) is 1. The molecule has 0 aromatic heterocycles. The molecule has 7 heteroatoms. The van der Waals surface area contributed by atoms with Crippen LogP contribution in [0.2, 0.25) is 0 Å². The van der Waals surface area contributed by atoms with Crippen LogP contribution >= 0.6 is 0 Å². The Kier molecular flexibility index (Phi) is 7.36. The molecule has 2 unspecified atom stereocenters. The van der Waals surface area contributed by atoms with Crippen LogP contribution in [-0.4, -0.2) is 29.7 Å². The Bertz CT molecular complexity index is 1090. The number of ketones is 1. The third kappa shape index (κ3) is 6.13. The van der Waals surface area contributed by atoms with Gasteiger partial charge in [0.2, 0.25) is 0 Å². The van der Waals surface area contributed by atoms with Gasteiger partial charge >= 0.3 is 12.1 Å². The molecule has 0 spiro atoms. The predicted molar refractivity (Wildman–Crippen MR) is 127 cm³/mol. The van der Waals surface area contributed by atoms with E-state index in [0.717, 1.165) is 30.0 Å². The monoisotopic (exact) mass is 487 g/mol. The van der Waals surface area contributed by atoms with Gasteiger partial charge in [0.15, 0.2) is 0 Å². The number of alkyl halides is 3. The molecule has 2 aliphatic rings. The molecule has 2 fully saturated rings. The smallest absolute Gasteiger partial charge is 0.416 e. The average Bonchev–Trinajstić information content (AvgIpc) is 3.51. The lowest BCUT2D eigenvalue weighted by molar-refractivity contribution is -0.140. The van der Waals surface area contributed by atoms with Gasteiger partial charge in [0.25, 0.3) is 0 Å². The zero-order valence-electron chi connectivity index (χ0n) is 20.4. The first kappa shape index (κ1) is 25.4. The van der Waals surface area contributed by atoms with Gasteiger partial charge in [-0.15, -0.1) is 0 Å². The summed E-state index contributed by atoms with van der Waals surface area (Å²) in [5, 5.41) is 0. The number of rotatable bonds is 8. The molecule has 3 atom stereocenters. The highest BCUT2D eigenvalue weighted by molar-refractivity contribution is 5.77. The number of aryl methyl sites for hydroxylation is 1. The van der Waals surface area contributed by atoms with Crippen LogP contribution in [0, 0.1) is 18.8 Å². The summed E-state index contributed by atoms with van der Waals surface area (Å²) in [5.74, 6) is 0.463. The summed E-state index contributed by atoms with van der Waals surface area (Å²) in [6, 6.07) is 11.1. The van der Waals surface area contributed by atoms with Crippen LogP contribution in [0.15, 0.2) is 42.5 Å². The number of esters is 1. The first-order valence-corrected chi connectivity index (χ1v) is 12.3. The molecular weight excluding hydrogens is 455 g/mol. The Balaban J connectivity index is 1.43. The fourth-order valence-corrected chi connectivity index (χ4v) is 5.19. The minimum Gasteiger partial charge on any atom is -0.426 e. The molecule has 2 aromatic carbocycles. The van der Waals surface area contributed by atoms with Gasteiger partial charge in [0.05, 0.1) is 11.5 Å². The molecular formula is C28H32F3NO3. The second-order valence-corrected chi connectivity index (χ2v) is 10.1. The van der Waals surface area contributed by atoms with Crippen molar-refractivity contribution < 1.29 is 27.5 Å². The number of carbonyl (C=O) groups is 2. The van der Waals surface area contributed by atoms with Gasteiger partial charge in [0, 0.05) is 19.0 Å². The molecule has 0 bridgehead atoms. The van der Waals surface area contributed by atoms with E-state index in [1.165, 1.54) is 6.07 Å². The minimum atomic E-state index is -4.43. The number of Topliss-reactive ketones (excluding diaryl/α,β-unsaturated/α-hetero) is 1. The van der Waals surface area contributed by atoms with E-state index in [-0.39, 0.29) is 23.2 Å². The third-order valence-corrected chi connectivity index (χ3v) is 7.27. The second-order valence-electron chi connectivity index (χ2n) is 10.1. The normalized spacial score (nSPS) is 20.5. The highest BCUT2D eigenvalue weighted by atomic mass is 19.4. The van der Waals surface area contributed by atoms with Gasteiger partial charge in [-0.1, -0.05) is 29.8 Å². The number of ether oxygens (including phenoxy) is 1. The van der Waals surface area contributed by atoms with Crippen molar-refractivity contribution in [2.45, 2.75) is 64.6 Å². The van der Waals surface area contributed by atoms with E-state index >= 15 is 0 Å². The Morgan fingerprint density at radius 3 is 2.51 bits per heavy atom. The van der Waals surface area contributed by atoms with E-state index in [0.29, 0.717) is 37.6 Å². The molecule has 0 N–H and O–H groups in total. The highest BCUT2D eigenvalue weighted by Crippen LogP contribution is 2.45. The molecule has 2 aromatic rings. The molecule has 4 nitrogen and oxygen atoms in total. The van der Waals surface area contributed by atoms with Crippen LogP contribution < -0.4 is 4.74 Å². The molecule has 188 valence electrons. The van der Waals surface area contributed by atoms with Crippen molar-refractivity contribution in [3.63, 3.8) is 0 Å². The Morgan fingerprint density at radius 2 is 1.86 bits per heavy atom. The van der Waals surface area contributed by atoms with Gasteiger partial charge < -0.3 is 9.53 Å². The summed E-state index contributed by atoms with van der Waals surface area (Å²) in [7, 11) is 0. The van der Waals surface area contributed by atoms with Gasteiger partial charge in [-0.05, 0) is 87.7 Å². The molecule has 0 amide bonds. The van der Waals surface area contributed by atoms with Crippen LogP contribution in [0.25, 0.3) is 0 Å². The topological polar surface area (TPSA) is 46.6 Å². The molecule has 1 aliphatic heterocycles. The Morgan fingerprint density at radius 1 is 1.11 bits per heavy atom. The lowest BCUT2D eigenvalue weighted by atomic mass is 9.89. The largest absolute Gasteiger partial charge is 0.426 e. The maximum atomic E-state index is 13.6. The standard InChI is InChI=1S/C28H32F3NO3/c1-17-7-10-26(28(29,30)31)24(13-17)19(3)32-12-11-22(16-32)27(34)35-23-6-4-5-21(15-23)25(14-18(2)33)20-8-9-20/h4-7,10,13,15,19-20,22,25H,8-9,11-12,14,16H2,1-3H3/t19?,22?,25-/m0/s1. The van der Waals surface area contributed by atoms with Crippen LogP contribution in [-0.2, 0) is 15.8 Å². The van der Waals surface area contributed by atoms with E-state index < -0.39 is 23.7 Å². The van der Waals surface area contributed by atoms with Gasteiger partial charge in [0.1, 0.15) is 11.5 Å². The van der Waals surface area contributed by atoms with Crippen LogP contribution in [0.1, 0.15) is 73.7 Å². The number of hydrogen-bond donors (Lipinski definition) is 0. The van der Waals surface area contributed by atoms with Crippen molar-refractivity contribution in [2.75, 3.05) is 13.1 Å². The van der Waals surface area contributed by atoms with Crippen molar-refractivity contribution in [1.82, 2.24) is 4.90 Å². The quantitative estimate of drug-likeness (QED) is 0.316. The lowest BCUT2D eigenvalue weighted by Crippen LogP contribution is -2.29. The van der Waals surface area contributed by atoms with Crippen molar-refractivity contribution in [3.05, 3.63) is 64.7 Å². The number of carbonyl (C=O) groups excluding carboxylic acids is 2.